The maximum Gasteiger partial charge on any atom is 0.315 e. The van der Waals surface area contributed by atoms with Crippen LogP contribution in [0.2, 0.25) is 0 Å². The Morgan fingerprint density at radius 1 is 1.07 bits per heavy atom. The van der Waals surface area contributed by atoms with E-state index < -0.39 is 0 Å². The summed E-state index contributed by atoms with van der Waals surface area (Å²) in [4.78, 5) is 26.9. The average molecular weight is 377 g/mol. The fourth-order valence-electron chi connectivity index (χ4n) is 6.58. The monoisotopic (exact) mass is 376 g/mol. The Kier molecular flexibility index (Phi) is 4.90. The van der Waals surface area contributed by atoms with Gasteiger partial charge in [-0.3, -0.25) is 4.79 Å². The van der Waals surface area contributed by atoms with Crippen LogP contribution in [0.3, 0.4) is 0 Å². The zero-order valence-corrected chi connectivity index (χ0v) is 16.9. The van der Waals surface area contributed by atoms with E-state index in [0.29, 0.717) is 19.5 Å². The largest absolute Gasteiger partial charge is 0.342 e. The summed E-state index contributed by atoms with van der Waals surface area (Å²) in [6.45, 7) is 6.07. The molecular weight excluding hydrogens is 340 g/mol. The van der Waals surface area contributed by atoms with E-state index in [1.54, 1.807) is 0 Å². The molecule has 27 heavy (non-hydrogen) atoms. The number of nitrogens with two attached hydrogens (primary N) is 1. The van der Waals surface area contributed by atoms with Crippen molar-refractivity contribution < 1.29 is 9.59 Å². The minimum atomic E-state index is -0.0919. The molecular formula is C21H36N4O2. The summed E-state index contributed by atoms with van der Waals surface area (Å²) >= 11 is 0. The molecule has 0 aromatic carbocycles. The Bertz CT molecular complexity index is 568. The molecule has 4 bridgehead atoms. The van der Waals surface area contributed by atoms with Gasteiger partial charge in [0.05, 0.1) is 0 Å². The molecule has 4 aliphatic carbocycles. The molecule has 1 heterocycles. The maximum absolute atomic E-state index is 12.5. The van der Waals surface area contributed by atoms with Gasteiger partial charge in [-0.1, -0.05) is 13.8 Å². The number of rotatable bonds is 4. The average Bonchev–Trinajstić information content (AvgIpc) is 2.55. The van der Waals surface area contributed by atoms with Gasteiger partial charge in [-0.15, -0.1) is 0 Å². The van der Waals surface area contributed by atoms with Crippen molar-refractivity contribution in [2.24, 2.45) is 28.9 Å². The summed E-state index contributed by atoms with van der Waals surface area (Å²) < 4.78 is 0. The molecule has 0 radical (unpaired) electrons. The Hall–Kier alpha value is -1.30. The van der Waals surface area contributed by atoms with Crippen molar-refractivity contribution >= 4 is 11.9 Å². The normalized spacial score (nSPS) is 39.3. The van der Waals surface area contributed by atoms with Crippen LogP contribution in [-0.4, -0.2) is 48.1 Å². The fourth-order valence-corrected chi connectivity index (χ4v) is 6.58. The molecule has 6 nitrogen and oxygen atoms in total. The summed E-state index contributed by atoms with van der Waals surface area (Å²) in [5, 5.41) is 6.24. The molecule has 5 aliphatic rings. The van der Waals surface area contributed by atoms with E-state index in [0.717, 1.165) is 50.0 Å². The SMILES string of the molecule is CC1(C)CN(C(=O)CCNC(=O)NC23CC4CC(CC(C4)C2)C3)CCC1N. The van der Waals surface area contributed by atoms with Crippen molar-refractivity contribution in [2.45, 2.75) is 76.8 Å². The molecule has 6 heteroatoms. The molecule has 152 valence electrons. The number of likely N-dealkylation sites (tertiary alicyclic amines) is 1. The highest BCUT2D eigenvalue weighted by Crippen LogP contribution is 2.55. The van der Waals surface area contributed by atoms with E-state index in [1.807, 2.05) is 4.90 Å². The second kappa shape index (κ2) is 6.94. The number of carbonyl (C=O) groups is 2. The first-order valence-electron chi connectivity index (χ1n) is 10.8. The van der Waals surface area contributed by atoms with Gasteiger partial charge in [0.2, 0.25) is 5.91 Å². The summed E-state index contributed by atoms with van der Waals surface area (Å²) in [7, 11) is 0. The molecule has 4 N–H and O–H groups in total. The van der Waals surface area contributed by atoms with Crippen LogP contribution in [0.5, 0.6) is 0 Å². The third-order valence-corrected chi connectivity index (χ3v) is 7.71. The quantitative estimate of drug-likeness (QED) is 0.703. The minimum Gasteiger partial charge on any atom is -0.342 e. The first kappa shape index (κ1) is 19.0. The topological polar surface area (TPSA) is 87.5 Å². The van der Waals surface area contributed by atoms with Gasteiger partial charge in [-0.25, -0.2) is 4.79 Å². The van der Waals surface area contributed by atoms with Crippen LogP contribution in [0.1, 0.15) is 65.2 Å². The lowest BCUT2D eigenvalue weighted by molar-refractivity contribution is -0.134. The van der Waals surface area contributed by atoms with Gasteiger partial charge < -0.3 is 21.3 Å². The van der Waals surface area contributed by atoms with Crippen LogP contribution in [0.15, 0.2) is 0 Å². The van der Waals surface area contributed by atoms with E-state index >= 15 is 0 Å². The number of piperidine rings is 1. The van der Waals surface area contributed by atoms with Crippen molar-refractivity contribution in [3.8, 4) is 0 Å². The maximum atomic E-state index is 12.5. The minimum absolute atomic E-state index is 0.0237. The van der Waals surface area contributed by atoms with Crippen LogP contribution in [0.25, 0.3) is 0 Å². The van der Waals surface area contributed by atoms with E-state index in [-0.39, 0.29) is 28.9 Å². The number of hydrogen-bond acceptors (Lipinski definition) is 3. The molecule has 5 fully saturated rings. The highest BCUT2D eigenvalue weighted by atomic mass is 16.2. The van der Waals surface area contributed by atoms with Crippen molar-refractivity contribution in [1.82, 2.24) is 15.5 Å². The molecule has 1 atom stereocenters. The van der Waals surface area contributed by atoms with Gasteiger partial charge in [0.1, 0.15) is 0 Å². The van der Waals surface area contributed by atoms with E-state index in [4.69, 9.17) is 5.73 Å². The lowest BCUT2D eigenvalue weighted by Gasteiger charge is -2.56. The summed E-state index contributed by atoms with van der Waals surface area (Å²) in [5.41, 5.74) is 6.13. The van der Waals surface area contributed by atoms with E-state index in [1.165, 1.54) is 19.3 Å². The number of amides is 3. The molecule has 3 amide bonds. The van der Waals surface area contributed by atoms with E-state index in [9.17, 15) is 9.59 Å². The molecule has 0 aromatic rings. The highest BCUT2D eigenvalue weighted by Gasteiger charge is 2.51. The van der Waals surface area contributed by atoms with Gasteiger partial charge in [-0.05, 0) is 68.1 Å². The first-order chi connectivity index (χ1) is 12.7. The van der Waals surface area contributed by atoms with Gasteiger partial charge in [0, 0.05) is 37.6 Å². The number of nitrogens with zero attached hydrogens (tertiary/aromatic N) is 1. The Balaban J connectivity index is 1.22. The molecule has 4 saturated carbocycles. The van der Waals surface area contributed by atoms with Crippen molar-refractivity contribution in [3.63, 3.8) is 0 Å². The van der Waals surface area contributed by atoms with Crippen LogP contribution < -0.4 is 16.4 Å². The van der Waals surface area contributed by atoms with Crippen LogP contribution >= 0.6 is 0 Å². The Morgan fingerprint density at radius 3 is 2.22 bits per heavy atom. The number of carbonyl (C=O) groups excluding carboxylic acids is 2. The van der Waals surface area contributed by atoms with E-state index in [2.05, 4.69) is 24.5 Å². The molecule has 1 unspecified atom stereocenters. The fraction of sp³-hybridized carbons (Fsp3) is 0.905. The van der Waals surface area contributed by atoms with Crippen molar-refractivity contribution in [2.75, 3.05) is 19.6 Å². The predicted molar refractivity (Wildman–Crippen MR) is 105 cm³/mol. The Morgan fingerprint density at radius 2 is 1.67 bits per heavy atom. The van der Waals surface area contributed by atoms with Gasteiger partial charge in [0.15, 0.2) is 0 Å². The van der Waals surface area contributed by atoms with Gasteiger partial charge in [-0.2, -0.15) is 0 Å². The van der Waals surface area contributed by atoms with Gasteiger partial charge in [0.25, 0.3) is 0 Å². The lowest BCUT2D eigenvalue weighted by atomic mass is 9.53. The molecule has 0 spiro atoms. The summed E-state index contributed by atoms with van der Waals surface area (Å²) in [5.74, 6) is 2.55. The van der Waals surface area contributed by atoms with Crippen molar-refractivity contribution in [3.05, 3.63) is 0 Å². The summed E-state index contributed by atoms with van der Waals surface area (Å²) in [6.07, 6.45) is 8.75. The predicted octanol–water partition coefficient (Wildman–Crippen LogP) is 2.23. The molecule has 5 rings (SSSR count). The number of hydrogen-bond donors (Lipinski definition) is 3. The molecule has 0 aromatic heterocycles. The van der Waals surface area contributed by atoms with Crippen molar-refractivity contribution in [1.29, 1.82) is 0 Å². The second-order valence-corrected chi connectivity index (χ2v) is 10.5. The third kappa shape index (κ3) is 3.96. The Labute approximate surface area is 163 Å². The summed E-state index contributed by atoms with van der Waals surface area (Å²) in [6, 6.07) is 0.0523. The van der Waals surface area contributed by atoms with Gasteiger partial charge >= 0.3 is 6.03 Å². The molecule has 1 aliphatic heterocycles. The van der Waals surface area contributed by atoms with Crippen LogP contribution in [-0.2, 0) is 4.79 Å². The number of urea groups is 1. The first-order valence-corrected chi connectivity index (χ1v) is 10.8. The zero-order valence-electron chi connectivity index (χ0n) is 16.9. The number of nitrogens with one attached hydrogen (secondary N) is 2. The standard InChI is InChI=1S/C21H36N4O2/c1-20(2)13-25(6-4-17(20)22)18(26)3-5-23-19(27)24-21-10-14-7-15(11-21)9-16(8-14)12-21/h14-17H,3-13,22H2,1-2H3,(H2,23,24,27). The third-order valence-electron chi connectivity index (χ3n) is 7.71. The highest BCUT2D eigenvalue weighted by molar-refractivity contribution is 5.78. The van der Waals surface area contributed by atoms with Crippen LogP contribution in [0.4, 0.5) is 4.79 Å². The lowest BCUT2D eigenvalue weighted by Crippen LogP contribution is -2.61. The zero-order chi connectivity index (χ0) is 19.2. The smallest absolute Gasteiger partial charge is 0.315 e. The molecule has 1 saturated heterocycles. The van der Waals surface area contributed by atoms with Crippen LogP contribution in [0, 0.1) is 23.2 Å². The second-order valence-electron chi connectivity index (χ2n) is 10.5.